The molecule has 1 N–H and O–H groups in total. The Hall–Kier alpha value is -3.61. The van der Waals surface area contributed by atoms with E-state index in [0.717, 1.165) is 0 Å². The molecule has 3 aromatic rings. The second kappa shape index (κ2) is 8.39. The number of esters is 1. The minimum absolute atomic E-state index is 0.373. The molecule has 0 aliphatic carbocycles. The van der Waals surface area contributed by atoms with Crippen molar-refractivity contribution in [2.75, 3.05) is 26.1 Å². The number of benzene rings is 2. The van der Waals surface area contributed by atoms with Gasteiger partial charge in [-0.1, -0.05) is 18.2 Å². The monoisotopic (exact) mass is 380 g/mol. The van der Waals surface area contributed by atoms with E-state index < -0.39 is 18.5 Å². The Morgan fingerprint density at radius 3 is 2.57 bits per heavy atom. The van der Waals surface area contributed by atoms with Gasteiger partial charge in [0.15, 0.2) is 6.61 Å². The molecule has 0 aliphatic heterocycles. The van der Waals surface area contributed by atoms with Crippen LogP contribution < -0.4 is 14.8 Å². The highest BCUT2D eigenvalue weighted by Gasteiger charge is 2.16. The summed E-state index contributed by atoms with van der Waals surface area (Å²) in [5.41, 5.74) is 2.22. The summed E-state index contributed by atoms with van der Waals surface area (Å²) in [7, 11) is 3.03. The number of methoxy groups -OCH3 is 2. The molecule has 144 valence electrons. The summed E-state index contributed by atoms with van der Waals surface area (Å²) >= 11 is 0. The number of ether oxygens (including phenoxy) is 3. The first-order chi connectivity index (χ1) is 13.5. The lowest BCUT2D eigenvalue weighted by Gasteiger charge is -2.12. The van der Waals surface area contributed by atoms with Gasteiger partial charge in [0, 0.05) is 17.1 Å². The van der Waals surface area contributed by atoms with E-state index >= 15 is 0 Å². The standard InChI is InChI=1S/C21H20N2O5/c1-13-10-16(15-6-4-5-7-17(15)22-13)21(25)28-12-20(24)23-18-9-8-14(26-2)11-19(18)27-3/h4-11H,12H2,1-3H3,(H,23,24). The fourth-order valence-corrected chi connectivity index (χ4v) is 2.77. The van der Waals surface area contributed by atoms with E-state index in [0.29, 0.717) is 39.3 Å². The van der Waals surface area contributed by atoms with Crippen LogP contribution in [0.4, 0.5) is 5.69 Å². The van der Waals surface area contributed by atoms with E-state index in [2.05, 4.69) is 10.3 Å². The number of rotatable bonds is 6. The number of nitrogens with one attached hydrogen (secondary N) is 1. The highest BCUT2D eigenvalue weighted by atomic mass is 16.5. The smallest absolute Gasteiger partial charge is 0.339 e. The van der Waals surface area contributed by atoms with Gasteiger partial charge in [-0.3, -0.25) is 9.78 Å². The third kappa shape index (κ3) is 4.20. The van der Waals surface area contributed by atoms with E-state index in [1.54, 1.807) is 37.3 Å². The van der Waals surface area contributed by atoms with Gasteiger partial charge in [-0.2, -0.15) is 0 Å². The fraction of sp³-hybridized carbons (Fsp3) is 0.190. The SMILES string of the molecule is COc1ccc(NC(=O)COC(=O)c2cc(C)nc3ccccc23)c(OC)c1. The molecular weight excluding hydrogens is 360 g/mol. The number of aryl methyl sites for hydroxylation is 1. The molecule has 0 saturated carbocycles. The number of carbonyl (C=O) groups excluding carboxylic acids is 2. The maximum atomic E-state index is 12.5. The van der Waals surface area contributed by atoms with Crippen LogP contribution >= 0.6 is 0 Å². The van der Waals surface area contributed by atoms with Crippen LogP contribution in [0, 0.1) is 6.92 Å². The molecule has 1 aromatic heterocycles. The zero-order valence-corrected chi connectivity index (χ0v) is 15.8. The molecule has 2 aromatic carbocycles. The van der Waals surface area contributed by atoms with Gasteiger partial charge in [-0.25, -0.2) is 4.79 Å². The predicted octanol–water partition coefficient (Wildman–Crippen LogP) is 3.36. The van der Waals surface area contributed by atoms with Crippen LogP contribution in [-0.2, 0) is 9.53 Å². The minimum atomic E-state index is -0.585. The summed E-state index contributed by atoms with van der Waals surface area (Å²) < 4.78 is 15.6. The Bertz CT molecular complexity index is 1030. The number of aromatic nitrogens is 1. The molecular formula is C21H20N2O5. The average molecular weight is 380 g/mol. The van der Waals surface area contributed by atoms with Crippen molar-refractivity contribution in [3.8, 4) is 11.5 Å². The summed E-state index contributed by atoms with van der Waals surface area (Å²) in [5, 5.41) is 3.34. The molecule has 3 rings (SSSR count). The number of hydrogen-bond donors (Lipinski definition) is 1. The third-order valence-electron chi connectivity index (χ3n) is 4.08. The molecule has 0 unspecified atom stereocenters. The lowest BCUT2D eigenvalue weighted by molar-refractivity contribution is -0.119. The molecule has 0 radical (unpaired) electrons. The van der Waals surface area contributed by atoms with Gasteiger partial charge in [-0.15, -0.1) is 0 Å². The third-order valence-corrected chi connectivity index (χ3v) is 4.08. The van der Waals surface area contributed by atoms with Crippen LogP contribution in [0.15, 0.2) is 48.5 Å². The highest BCUT2D eigenvalue weighted by molar-refractivity contribution is 6.04. The van der Waals surface area contributed by atoms with E-state index in [-0.39, 0.29) is 0 Å². The number of amides is 1. The lowest BCUT2D eigenvalue weighted by Crippen LogP contribution is -2.21. The second-order valence-electron chi connectivity index (χ2n) is 6.02. The lowest BCUT2D eigenvalue weighted by atomic mass is 10.1. The number of hydrogen-bond acceptors (Lipinski definition) is 6. The molecule has 1 amide bonds. The van der Waals surface area contributed by atoms with Gasteiger partial charge >= 0.3 is 5.97 Å². The molecule has 1 heterocycles. The van der Waals surface area contributed by atoms with E-state index in [1.165, 1.54) is 14.2 Å². The van der Waals surface area contributed by atoms with Crippen molar-refractivity contribution in [3.63, 3.8) is 0 Å². The number of anilines is 1. The Morgan fingerprint density at radius 1 is 1.04 bits per heavy atom. The van der Waals surface area contributed by atoms with Gasteiger partial charge in [0.2, 0.25) is 0 Å². The van der Waals surface area contributed by atoms with E-state index in [4.69, 9.17) is 14.2 Å². The summed E-state index contributed by atoms with van der Waals surface area (Å²) in [5.74, 6) is -0.0264. The Kier molecular flexibility index (Phi) is 5.74. The molecule has 0 fully saturated rings. The Labute approximate surface area is 162 Å². The van der Waals surface area contributed by atoms with Crippen LogP contribution in [-0.4, -0.2) is 37.7 Å². The first-order valence-corrected chi connectivity index (χ1v) is 8.57. The molecule has 0 spiro atoms. The maximum absolute atomic E-state index is 12.5. The van der Waals surface area contributed by atoms with Crippen LogP contribution in [0.1, 0.15) is 16.1 Å². The van der Waals surface area contributed by atoms with Gasteiger partial charge in [0.05, 0.1) is 31.0 Å². The largest absolute Gasteiger partial charge is 0.497 e. The molecule has 7 nitrogen and oxygen atoms in total. The van der Waals surface area contributed by atoms with Gasteiger partial charge < -0.3 is 19.5 Å². The van der Waals surface area contributed by atoms with Crippen molar-refractivity contribution in [1.82, 2.24) is 4.98 Å². The Morgan fingerprint density at radius 2 is 1.82 bits per heavy atom. The summed E-state index contributed by atoms with van der Waals surface area (Å²) in [6.45, 7) is 1.37. The van der Waals surface area contributed by atoms with Crippen LogP contribution in [0.3, 0.4) is 0 Å². The summed E-state index contributed by atoms with van der Waals surface area (Å²) in [6.07, 6.45) is 0. The number of para-hydroxylation sites is 1. The van der Waals surface area contributed by atoms with Crippen LogP contribution in [0.25, 0.3) is 10.9 Å². The van der Waals surface area contributed by atoms with Gasteiger partial charge in [0.25, 0.3) is 5.91 Å². The van der Waals surface area contributed by atoms with Crippen LogP contribution in [0.5, 0.6) is 11.5 Å². The quantitative estimate of drug-likeness (QED) is 0.660. The zero-order valence-electron chi connectivity index (χ0n) is 15.8. The van der Waals surface area contributed by atoms with Crippen molar-refractivity contribution < 1.29 is 23.8 Å². The van der Waals surface area contributed by atoms with Crippen molar-refractivity contribution in [1.29, 1.82) is 0 Å². The summed E-state index contributed by atoms with van der Waals surface area (Å²) in [4.78, 5) is 29.1. The number of carbonyl (C=O) groups is 2. The molecule has 0 atom stereocenters. The molecule has 28 heavy (non-hydrogen) atoms. The second-order valence-corrected chi connectivity index (χ2v) is 6.02. The normalized spacial score (nSPS) is 10.4. The zero-order chi connectivity index (χ0) is 20.1. The predicted molar refractivity (Wildman–Crippen MR) is 105 cm³/mol. The van der Waals surface area contributed by atoms with Crippen LogP contribution in [0.2, 0.25) is 0 Å². The van der Waals surface area contributed by atoms with Crippen molar-refractivity contribution in [3.05, 3.63) is 59.8 Å². The number of fused-ring (bicyclic) bond motifs is 1. The summed E-state index contributed by atoms with van der Waals surface area (Å²) in [6, 6.07) is 13.9. The number of nitrogens with zero attached hydrogens (tertiary/aromatic N) is 1. The highest BCUT2D eigenvalue weighted by Crippen LogP contribution is 2.29. The molecule has 0 bridgehead atoms. The topological polar surface area (TPSA) is 86.8 Å². The van der Waals surface area contributed by atoms with E-state index in [9.17, 15) is 9.59 Å². The Balaban J connectivity index is 1.69. The number of pyridine rings is 1. The molecule has 7 heteroatoms. The van der Waals surface area contributed by atoms with Crippen molar-refractivity contribution in [2.24, 2.45) is 0 Å². The molecule has 0 aliphatic rings. The van der Waals surface area contributed by atoms with Gasteiger partial charge in [0.1, 0.15) is 11.5 Å². The van der Waals surface area contributed by atoms with Gasteiger partial charge in [-0.05, 0) is 31.2 Å². The average Bonchev–Trinajstić information content (AvgIpc) is 2.71. The van der Waals surface area contributed by atoms with E-state index in [1.807, 2.05) is 18.2 Å². The molecule has 0 saturated heterocycles. The maximum Gasteiger partial charge on any atom is 0.339 e. The first-order valence-electron chi connectivity index (χ1n) is 8.57. The first kappa shape index (κ1) is 19.2. The van der Waals surface area contributed by atoms with Crippen molar-refractivity contribution in [2.45, 2.75) is 6.92 Å². The minimum Gasteiger partial charge on any atom is -0.497 e. The fourth-order valence-electron chi connectivity index (χ4n) is 2.77. The van der Waals surface area contributed by atoms with Crippen molar-refractivity contribution >= 4 is 28.5 Å².